The highest BCUT2D eigenvalue weighted by Gasteiger charge is 2.31. The van der Waals surface area contributed by atoms with E-state index in [2.05, 4.69) is 14.7 Å². The predicted octanol–water partition coefficient (Wildman–Crippen LogP) is 7.10. The standard InChI is InChI=1S/C23H20ClF3N4O5.C22H20Cl2N4O4/c1-29-19-18(20(33)30(22(29)34)10-3-11-32)31(13-14-6-8-15(24)9-7-14)21(28-19)35-16-4-2-5-17(12-16)36-23(25,26)27;1-26-19-18(20(30)27(22(26)31)10-3-11-29)28(13-14-6-8-15(23)9-7-14)21(25-19)32-17-5-2-4-16(24)12-17/h2,4-9,12,32H,3,10-11,13H2,1H3;2,4-9,12,29H,3,10-11,13H2,1H3. The fourth-order valence-corrected chi connectivity index (χ4v) is 7.46. The van der Waals surface area contributed by atoms with E-state index in [1.807, 2.05) is 12.1 Å². The number of rotatable bonds is 15. The minimum Gasteiger partial charge on any atom is -0.425 e. The molecule has 0 radical (unpaired) electrons. The molecule has 0 saturated carbocycles. The smallest absolute Gasteiger partial charge is 0.425 e. The fourth-order valence-electron chi connectivity index (χ4n) is 7.03. The van der Waals surface area contributed by atoms with E-state index < -0.39 is 34.6 Å². The van der Waals surface area contributed by atoms with E-state index in [1.54, 1.807) is 72.3 Å². The van der Waals surface area contributed by atoms with Crippen molar-refractivity contribution in [3.63, 3.8) is 0 Å². The molecule has 4 aromatic heterocycles. The summed E-state index contributed by atoms with van der Waals surface area (Å²) in [6, 6.07) is 25.6. The summed E-state index contributed by atoms with van der Waals surface area (Å²) in [7, 11) is 2.98. The van der Waals surface area contributed by atoms with Gasteiger partial charge in [0.1, 0.15) is 17.2 Å². The summed E-state index contributed by atoms with van der Waals surface area (Å²) in [5, 5.41) is 19.9. The zero-order valence-corrected chi connectivity index (χ0v) is 38.3. The van der Waals surface area contributed by atoms with E-state index in [-0.39, 0.29) is 92.3 Å². The average molecular weight is 1000 g/mol. The Kier molecular flexibility index (Phi) is 15.1. The molecular weight excluding hydrogens is 960 g/mol. The van der Waals surface area contributed by atoms with E-state index >= 15 is 0 Å². The molecule has 8 rings (SSSR count). The van der Waals surface area contributed by atoms with Gasteiger partial charge in [0.15, 0.2) is 22.3 Å². The lowest BCUT2D eigenvalue weighted by Gasteiger charge is -2.12. The third-order valence-electron chi connectivity index (χ3n) is 10.2. The van der Waals surface area contributed by atoms with Crippen LogP contribution in [-0.4, -0.2) is 67.2 Å². The largest absolute Gasteiger partial charge is 0.573 e. The molecule has 4 aromatic carbocycles. The highest BCUT2D eigenvalue weighted by Crippen LogP contribution is 2.31. The molecule has 0 aliphatic heterocycles. The summed E-state index contributed by atoms with van der Waals surface area (Å²) in [6.45, 7) is 0.0566. The number of aliphatic hydroxyl groups excluding tert-OH is 2. The van der Waals surface area contributed by atoms with Gasteiger partial charge in [0.05, 0.1) is 13.1 Å². The first-order chi connectivity index (χ1) is 32.5. The molecular formula is C45H40Cl3F3N8O9. The zero-order chi connectivity index (χ0) is 48.9. The Balaban J connectivity index is 0.000000203. The number of fused-ring (bicyclic) bond motifs is 2. The second-order valence-electron chi connectivity index (χ2n) is 15.0. The minimum absolute atomic E-state index is 0.0168. The second kappa shape index (κ2) is 21.0. The van der Waals surface area contributed by atoms with Gasteiger partial charge in [0.2, 0.25) is 0 Å². The van der Waals surface area contributed by atoms with E-state index in [9.17, 15) is 42.6 Å². The second-order valence-corrected chi connectivity index (χ2v) is 16.3. The molecule has 0 spiro atoms. The number of aryl methyl sites for hydroxylation is 2. The molecule has 0 amide bonds. The van der Waals surface area contributed by atoms with Crippen molar-refractivity contribution in [3.05, 3.63) is 165 Å². The summed E-state index contributed by atoms with van der Waals surface area (Å²) in [4.78, 5) is 61.0. The van der Waals surface area contributed by atoms with Gasteiger partial charge in [0, 0.05) is 61.5 Å². The summed E-state index contributed by atoms with van der Waals surface area (Å²) in [5.41, 5.74) is -0.230. The number of aliphatic hydroxyl groups is 2. The van der Waals surface area contributed by atoms with Crippen molar-refractivity contribution in [2.75, 3.05) is 13.2 Å². The molecule has 0 bridgehead atoms. The summed E-state index contributed by atoms with van der Waals surface area (Å²) >= 11 is 18.1. The lowest BCUT2D eigenvalue weighted by molar-refractivity contribution is -0.274. The van der Waals surface area contributed by atoms with Crippen LogP contribution in [0, 0.1) is 0 Å². The van der Waals surface area contributed by atoms with E-state index in [0.717, 1.165) is 26.8 Å². The number of benzene rings is 4. The van der Waals surface area contributed by atoms with Crippen molar-refractivity contribution in [3.8, 4) is 29.3 Å². The third-order valence-corrected chi connectivity index (χ3v) is 11.0. The highest BCUT2D eigenvalue weighted by atomic mass is 35.5. The van der Waals surface area contributed by atoms with Crippen LogP contribution in [0.3, 0.4) is 0 Å². The van der Waals surface area contributed by atoms with Crippen molar-refractivity contribution in [2.45, 2.75) is 45.4 Å². The number of hydrogen-bond acceptors (Lipinski definition) is 11. The summed E-state index contributed by atoms with van der Waals surface area (Å²) in [6.07, 6.45) is -4.43. The molecule has 0 atom stereocenters. The van der Waals surface area contributed by atoms with Gasteiger partial charge in [0.25, 0.3) is 11.1 Å². The lowest BCUT2D eigenvalue weighted by atomic mass is 10.2. The minimum atomic E-state index is -4.89. The van der Waals surface area contributed by atoms with Gasteiger partial charge >= 0.3 is 29.8 Å². The van der Waals surface area contributed by atoms with Crippen molar-refractivity contribution in [1.82, 2.24) is 37.4 Å². The van der Waals surface area contributed by atoms with Gasteiger partial charge < -0.3 is 24.4 Å². The SMILES string of the molecule is Cn1c(=O)n(CCCO)c(=O)c2c1nc(Oc1cccc(Cl)c1)n2Cc1ccc(Cl)cc1.Cn1c(=O)n(CCCO)c(=O)c2c1nc(Oc1cccc(OC(F)(F)F)c1)n2Cc1ccc(Cl)cc1. The molecule has 4 heterocycles. The normalized spacial score (nSPS) is 11.5. The van der Waals surface area contributed by atoms with Crippen molar-refractivity contribution in [2.24, 2.45) is 14.1 Å². The Bertz CT molecular complexity index is 3350. The molecule has 68 heavy (non-hydrogen) atoms. The maximum atomic E-state index is 13.3. The van der Waals surface area contributed by atoms with Crippen LogP contribution in [0.2, 0.25) is 15.1 Å². The summed E-state index contributed by atoms with van der Waals surface area (Å²) in [5.74, 6) is -0.0927. The van der Waals surface area contributed by atoms with Gasteiger partial charge in [-0.25, -0.2) is 9.59 Å². The first-order valence-electron chi connectivity index (χ1n) is 20.5. The van der Waals surface area contributed by atoms with Crippen LogP contribution in [0.25, 0.3) is 22.3 Å². The van der Waals surface area contributed by atoms with Gasteiger partial charge in [-0.3, -0.25) is 37.0 Å². The third kappa shape index (κ3) is 11.1. The first-order valence-corrected chi connectivity index (χ1v) is 21.7. The Morgan fingerprint density at radius 1 is 0.559 bits per heavy atom. The maximum absolute atomic E-state index is 13.3. The number of aromatic nitrogens is 8. The molecule has 0 aliphatic carbocycles. The summed E-state index contributed by atoms with van der Waals surface area (Å²) < 4.78 is 61.3. The molecule has 0 saturated heterocycles. The van der Waals surface area contributed by atoms with Gasteiger partial charge in [-0.15, -0.1) is 13.2 Å². The highest BCUT2D eigenvalue weighted by molar-refractivity contribution is 6.31. The monoisotopic (exact) mass is 998 g/mol. The van der Waals surface area contributed by atoms with E-state index in [0.29, 0.717) is 26.4 Å². The van der Waals surface area contributed by atoms with Gasteiger partial charge in [-0.05, 0) is 78.6 Å². The van der Waals surface area contributed by atoms with Gasteiger partial charge in [-0.1, -0.05) is 71.2 Å². The molecule has 0 unspecified atom stereocenters. The average Bonchev–Trinajstić information content (AvgIpc) is 3.83. The van der Waals surface area contributed by atoms with E-state index in [1.165, 1.54) is 32.9 Å². The van der Waals surface area contributed by atoms with Crippen LogP contribution in [0.4, 0.5) is 13.2 Å². The van der Waals surface area contributed by atoms with Crippen LogP contribution in [0.15, 0.2) is 116 Å². The quantitative estimate of drug-likeness (QED) is 0.107. The van der Waals surface area contributed by atoms with Gasteiger partial charge in [-0.2, -0.15) is 9.97 Å². The van der Waals surface area contributed by atoms with Crippen LogP contribution in [0.5, 0.6) is 29.3 Å². The maximum Gasteiger partial charge on any atom is 0.573 e. The lowest BCUT2D eigenvalue weighted by Crippen LogP contribution is -2.39. The van der Waals surface area contributed by atoms with Crippen LogP contribution >= 0.6 is 34.8 Å². The van der Waals surface area contributed by atoms with Crippen LogP contribution in [-0.2, 0) is 40.3 Å². The van der Waals surface area contributed by atoms with E-state index in [4.69, 9.17) is 44.3 Å². The molecule has 17 nitrogen and oxygen atoms in total. The van der Waals surface area contributed by atoms with Crippen molar-refractivity contribution < 1.29 is 37.6 Å². The fraction of sp³-hybridized carbons (Fsp3) is 0.244. The number of nitrogens with zero attached hydrogens (tertiary/aromatic N) is 8. The topological polar surface area (TPSA) is 192 Å². The predicted molar refractivity (Wildman–Crippen MR) is 248 cm³/mol. The molecule has 356 valence electrons. The molecule has 0 fully saturated rings. The Labute approximate surface area is 397 Å². The number of halogens is 6. The Hall–Kier alpha value is -6.84. The number of alkyl halides is 3. The number of ether oxygens (including phenoxy) is 3. The Morgan fingerprint density at radius 2 is 0.971 bits per heavy atom. The Morgan fingerprint density at radius 3 is 1.38 bits per heavy atom. The molecule has 2 N–H and O–H groups in total. The number of imidazole rings is 2. The zero-order valence-electron chi connectivity index (χ0n) is 36.0. The van der Waals surface area contributed by atoms with Crippen LogP contribution in [0.1, 0.15) is 24.0 Å². The first kappa shape index (κ1) is 49.1. The molecule has 23 heteroatoms. The van der Waals surface area contributed by atoms with Crippen LogP contribution < -0.4 is 36.7 Å². The molecule has 0 aliphatic rings. The van der Waals surface area contributed by atoms with Crippen molar-refractivity contribution in [1.29, 1.82) is 0 Å². The molecule has 8 aromatic rings. The number of hydrogen-bond donors (Lipinski definition) is 2. The van der Waals surface area contributed by atoms with Crippen molar-refractivity contribution >= 4 is 57.1 Å².